The monoisotopic (exact) mass is 411 g/mol. The van der Waals surface area contributed by atoms with Gasteiger partial charge in [-0.1, -0.05) is 41.9 Å². The summed E-state index contributed by atoms with van der Waals surface area (Å²) in [4.78, 5) is 24.1. The number of carbonyl (C=O) groups is 2. The Balaban J connectivity index is 1.82. The van der Waals surface area contributed by atoms with Crippen molar-refractivity contribution < 1.29 is 14.3 Å². The van der Waals surface area contributed by atoms with Crippen molar-refractivity contribution in [3.8, 4) is 16.9 Å². The second-order valence-electron chi connectivity index (χ2n) is 6.78. The Morgan fingerprint density at radius 1 is 1.10 bits per heavy atom. The third kappa shape index (κ3) is 5.68. The van der Waals surface area contributed by atoms with Crippen molar-refractivity contribution in [2.24, 2.45) is 0 Å². The zero-order valence-corrected chi connectivity index (χ0v) is 17.0. The molecule has 0 aliphatic rings. The number of rotatable bonds is 7. The van der Waals surface area contributed by atoms with Gasteiger partial charge in [0.1, 0.15) is 6.54 Å². The first-order valence-electron chi connectivity index (χ1n) is 9.28. The molecule has 3 aromatic rings. The van der Waals surface area contributed by atoms with Gasteiger partial charge in [0.15, 0.2) is 0 Å². The number of hydrogen-bond donors (Lipinski definition) is 1. The SMILES string of the molecule is CC(C)OC(=O)CNC(=O)Cc1cn(-c2ccccc2)nc1-c1ccc(Cl)cc1. The van der Waals surface area contributed by atoms with Gasteiger partial charge in [-0.25, -0.2) is 4.68 Å². The van der Waals surface area contributed by atoms with Crippen LogP contribution in [0.5, 0.6) is 0 Å². The van der Waals surface area contributed by atoms with Crippen LogP contribution in [0.4, 0.5) is 0 Å². The molecule has 0 saturated carbocycles. The topological polar surface area (TPSA) is 73.2 Å². The summed E-state index contributed by atoms with van der Waals surface area (Å²) < 4.78 is 6.77. The number of benzene rings is 2. The number of carbonyl (C=O) groups excluding carboxylic acids is 2. The first-order valence-corrected chi connectivity index (χ1v) is 9.66. The maximum atomic E-state index is 12.4. The molecular formula is C22H22ClN3O3. The standard InChI is InChI=1S/C22H22ClN3O3/c1-15(2)29-21(28)13-24-20(27)12-17-14-26(19-6-4-3-5-7-19)25-22(17)16-8-10-18(23)11-9-16/h3-11,14-15H,12-13H2,1-2H3,(H,24,27). The molecule has 0 fully saturated rings. The van der Waals surface area contributed by atoms with Gasteiger partial charge in [-0.3, -0.25) is 9.59 Å². The molecule has 6 nitrogen and oxygen atoms in total. The first kappa shape index (κ1) is 20.6. The highest BCUT2D eigenvalue weighted by Crippen LogP contribution is 2.25. The fourth-order valence-electron chi connectivity index (χ4n) is 2.81. The molecule has 0 spiro atoms. The third-order valence-electron chi connectivity index (χ3n) is 4.08. The number of aromatic nitrogens is 2. The summed E-state index contributed by atoms with van der Waals surface area (Å²) in [6.07, 6.45) is 1.69. The van der Waals surface area contributed by atoms with Gasteiger partial charge in [-0.2, -0.15) is 5.10 Å². The number of amides is 1. The zero-order chi connectivity index (χ0) is 20.8. The van der Waals surface area contributed by atoms with Crippen LogP contribution < -0.4 is 5.32 Å². The molecule has 1 amide bonds. The number of esters is 1. The third-order valence-corrected chi connectivity index (χ3v) is 4.33. The lowest BCUT2D eigenvalue weighted by atomic mass is 10.1. The van der Waals surface area contributed by atoms with Crippen molar-refractivity contribution >= 4 is 23.5 Å². The fourth-order valence-corrected chi connectivity index (χ4v) is 2.94. The van der Waals surface area contributed by atoms with Gasteiger partial charge in [0.05, 0.1) is 23.9 Å². The molecule has 0 radical (unpaired) electrons. The summed E-state index contributed by atoms with van der Waals surface area (Å²) in [5.41, 5.74) is 3.16. The number of para-hydroxylation sites is 1. The number of hydrogen-bond acceptors (Lipinski definition) is 4. The predicted octanol–water partition coefficient (Wildman–Crippen LogP) is 3.80. The fraction of sp³-hybridized carbons (Fsp3) is 0.227. The summed E-state index contributed by atoms with van der Waals surface area (Å²) in [7, 11) is 0. The molecule has 0 unspecified atom stereocenters. The van der Waals surface area contributed by atoms with Crippen molar-refractivity contribution in [2.75, 3.05) is 6.54 Å². The molecule has 3 rings (SSSR count). The zero-order valence-electron chi connectivity index (χ0n) is 16.3. The number of ether oxygens (including phenoxy) is 1. The molecule has 1 aromatic heterocycles. The van der Waals surface area contributed by atoms with Gasteiger partial charge >= 0.3 is 5.97 Å². The molecule has 29 heavy (non-hydrogen) atoms. The van der Waals surface area contributed by atoms with Crippen LogP contribution in [0.25, 0.3) is 16.9 Å². The molecule has 0 atom stereocenters. The molecule has 1 heterocycles. The summed E-state index contributed by atoms with van der Waals surface area (Å²) in [5, 5.41) is 7.90. The van der Waals surface area contributed by atoms with Crippen LogP contribution in [-0.4, -0.2) is 34.3 Å². The summed E-state index contributed by atoms with van der Waals surface area (Å²) in [5.74, 6) is -0.750. The van der Waals surface area contributed by atoms with Gasteiger partial charge in [0.25, 0.3) is 0 Å². The Labute approximate surface area is 174 Å². The summed E-state index contributed by atoms with van der Waals surface area (Å²) in [6.45, 7) is 3.35. The lowest BCUT2D eigenvalue weighted by Gasteiger charge is -2.09. The number of nitrogens with zero attached hydrogens (tertiary/aromatic N) is 2. The van der Waals surface area contributed by atoms with E-state index in [0.29, 0.717) is 10.7 Å². The minimum absolute atomic E-state index is 0.0831. The second-order valence-corrected chi connectivity index (χ2v) is 7.22. The van der Waals surface area contributed by atoms with Crippen molar-refractivity contribution in [2.45, 2.75) is 26.4 Å². The highest BCUT2D eigenvalue weighted by molar-refractivity contribution is 6.30. The molecular weight excluding hydrogens is 390 g/mol. The smallest absolute Gasteiger partial charge is 0.325 e. The quantitative estimate of drug-likeness (QED) is 0.600. The van der Waals surface area contributed by atoms with Gasteiger partial charge in [0.2, 0.25) is 5.91 Å². The van der Waals surface area contributed by atoms with E-state index >= 15 is 0 Å². The van der Waals surface area contributed by atoms with Gasteiger partial charge in [-0.15, -0.1) is 0 Å². The van der Waals surface area contributed by atoms with E-state index < -0.39 is 5.97 Å². The van der Waals surface area contributed by atoms with E-state index in [9.17, 15) is 9.59 Å². The Morgan fingerprint density at radius 2 is 1.79 bits per heavy atom. The summed E-state index contributed by atoms with van der Waals surface area (Å²) in [6, 6.07) is 16.9. The second kappa shape index (κ2) is 9.39. The average molecular weight is 412 g/mol. The molecule has 0 aliphatic heterocycles. The average Bonchev–Trinajstić information content (AvgIpc) is 3.11. The van der Waals surface area contributed by atoms with Crippen molar-refractivity contribution in [3.05, 3.63) is 71.4 Å². The molecule has 150 valence electrons. The molecule has 0 aliphatic carbocycles. The number of nitrogens with one attached hydrogen (secondary N) is 1. The molecule has 2 aromatic carbocycles. The minimum atomic E-state index is -0.466. The Hall–Kier alpha value is -3.12. The molecule has 0 bridgehead atoms. The predicted molar refractivity (Wildman–Crippen MR) is 112 cm³/mol. The highest BCUT2D eigenvalue weighted by atomic mass is 35.5. The van der Waals surface area contributed by atoms with Gasteiger partial charge in [0, 0.05) is 22.3 Å². The Bertz CT molecular complexity index is 982. The van der Waals surface area contributed by atoms with E-state index in [1.807, 2.05) is 48.7 Å². The number of halogens is 1. The van der Waals surface area contributed by atoms with Crippen LogP contribution in [0.15, 0.2) is 60.8 Å². The van der Waals surface area contributed by atoms with E-state index in [-0.39, 0.29) is 25.0 Å². The maximum absolute atomic E-state index is 12.4. The van der Waals surface area contributed by atoms with Crippen LogP contribution in [0.2, 0.25) is 5.02 Å². The van der Waals surface area contributed by atoms with Gasteiger partial charge in [-0.05, 0) is 38.1 Å². The lowest BCUT2D eigenvalue weighted by Crippen LogP contribution is -2.32. The van der Waals surface area contributed by atoms with E-state index in [1.165, 1.54) is 0 Å². The van der Waals surface area contributed by atoms with Crippen LogP contribution >= 0.6 is 11.6 Å². The normalized spacial score (nSPS) is 10.8. The summed E-state index contributed by atoms with van der Waals surface area (Å²) >= 11 is 6.00. The highest BCUT2D eigenvalue weighted by Gasteiger charge is 2.16. The molecule has 1 N–H and O–H groups in total. The van der Waals surface area contributed by atoms with Crippen LogP contribution in [-0.2, 0) is 20.7 Å². The van der Waals surface area contributed by atoms with Crippen molar-refractivity contribution in [1.29, 1.82) is 0 Å². The lowest BCUT2D eigenvalue weighted by molar-refractivity contribution is -0.147. The largest absolute Gasteiger partial charge is 0.462 e. The maximum Gasteiger partial charge on any atom is 0.325 e. The van der Waals surface area contributed by atoms with Crippen molar-refractivity contribution in [3.63, 3.8) is 0 Å². The Morgan fingerprint density at radius 3 is 2.45 bits per heavy atom. The van der Waals surface area contributed by atoms with E-state index in [4.69, 9.17) is 16.3 Å². The van der Waals surface area contributed by atoms with E-state index in [1.54, 1.807) is 30.7 Å². The molecule has 7 heteroatoms. The van der Waals surface area contributed by atoms with Crippen LogP contribution in [0, 0.1) is 0 Å². The van der Waals surface area contributed by atoms with E-state index in [2.05, 4.69) is 10.4 Å². The van der Waals surface area contributed by atoms with Crippen molar-refractivity contribution in [1.82, 2.24) is 15.1 Å². The van der Waals surface area contributed by atoms with Crippen LogP contribution in [0.1, 0.15) is 19.4 Å². The Kier molecular flexibility index (Phi) is 6.67. The van der Waals surface area contributed by atoms with E-state index in [0.717, 1.165) is 16.8 Å². The van der Waals surface area contributed by atoms with Gasteiger partial charge < -0.3 is 10.1 Å². The minimum Gasteiger partial charge on any atom is -0.462 e. The first-order chi connectivity index (χ1) is 13.9. The molecule has 0 saturated heterocycles. The van der Waals surface area contributed by atoms with Crippen LogP contribution in [0.3, 0.4) is 0 Å².